The van der Waals surface area contributed by atoms with E-state index < -0.39 is 0 Å². The maximum Gasteiger partial charge on any atom is 0.274 e. The molecule has 1 aliphatic rings. The topological polar surface area (TPSA) is 63.1 Å². The summed E-state index contributed by atoms with van der Waals surface area (Å²) in [6, 6.07) is 18.6. The van der Waals surface area contributed by atoms with Crippen molar-refractivity contribution in [1.82, 2.24) is 14.5 Å². The zero-order valence-corrected chi connectivity index (χ0v) is 19.2. The monoisotopic (exact) mass is 457 g/mol. The molecule has 0 unspecified atom stereocenters. The van der Waals surface area contributed by atoms with Crippen LogP contribution >= 0.6 is 11.3 Å². The van der Waals surface area contributed by atoms with Gasteiger partial charge in [0.25, 0.3) is 5.91 Å². The fourth-order valence-electron chi connectivity index (χ4n) is 4.48. The fourth-order valence-corrected chi connectivity index (χ4v) is 5.23. The number of nitrogens with zero attached hydrogens (tertiary/aromatic N) is 4. The minimum atomic E-state index is -0.117. The number of benzene rings is 1. The Labute approximate surface area is 197 Å². The lowest BCUT2D eigenvalue weighted by Crippen LogP contribution is -2.22. The summed E-state index contributed by atoms with van der Waals surface area (Å²) in [5.74, 6) is -0.117. The van der Waals surface area contributed by atoms with Crippen LogP contribution in [0.1, 0.15) is 47.1 Å². The third-order valence-electron chi connectivity index (χ3n) is 6.07. The Kier molecular flexibility index (Phi) is 6.48. The molecule has 168 valence electrons. The van der Waals surface area contributed by atoms with E-state index in [2.05, 4.69) is 50.9 Å². The lowest BCUT2D eigenvalue weighted by Gasteiger charge is -2.25. The first kappa shape index (κ1) is 21.4. The van der Waals surface area contributed by atoms with Crippen LogP contribution in [-0.4, -0.2) is 27.0 Å². The molecular formula is C26H27N5OS. The number of rotatable bonds is 8. The van der Waals surface area contributed by atoms with Crippen molar-refractivity contribution in [2.45, 2.75) is 38.3 Å². The van der Waals surface area contributed by atoms with Gasteiger partial charge in [-0.2, -0.15) is 0 Å². The number of pyridine rings is 1. The van der Waals surface area contributed by atoms with Gasteiger partial charge in [-0.25, -0.2) is 4.98 Å². The van der Waals surface area contributed by atoms with Gasteiger partial charge in [-0.15, -0.1) is 11.3 Å². The van der Waals surface area contributed by atoms with Crippen molar-refractivity contribution < 1.29 is 4.79 Å². The van der Waals surface area contributed by atoms with Crippen LogP contribution in [0.15, 0.2) is 78.6 Å². The summed E-state index contributed by atoms with van der Waals surface area (Å²) in [6.45, 7) is 1.81. The van der Waals surface area contributed by atoms with E-state index in [1.807, 2.05) is 41.2 Å². The summed E-state index contributed by atoms with van der Waals surface area (Å²) >= 11 is 1.49. The van der Waals surface area contributed by atoms with Crippen molar-refractivity contribution in [3.05, 3.63) is 95.5 Å². The molecule has 1 aliphatic heterocycles. The number of carbonyl (C=O) groups excluding carboxylic acids is 1. The fraction of sp³-hybridized carbons (Fsp3) is 0.269. The minimum absolute atomic E-state index is 0.117. The molecule has 3 aromatic heterocycles. The summed E-state index contributed by atoms with van der Waals surface area (Å²) in [7, 11) is 0. The van der Waals surface area contributed by atoms with E-state index in [1.54, 1.807) is 6.20 Å². The van der Waals surface area contributed by atoms with Gasteiger partial charge < -0.3 is 9.47 Å². The van der Waals surface area contributed by atoms with Crippen molar-refractivity contribution in [2.24, 2.45) is 0 Å². The van der Waals surface area contributed by atoms with Gasteiger partial charge in [0, 0.05) is 42.7 Å². The van der Waals surface area contributed by atoms with Crippen LogP contribution in [0.3, 0.4) is 0 Å². The average molecular weight is 458 g/mol. The highest BCUT2D eigenvalue weighted by atomic mass is 32.1. The molecule has 1 atom stereocenters. The number of para-hydroxylation sites is 1. The Morgan fingerprint density at radius 3 is 2.88 bits per heavy atom. The highest BCUT2D eigenvalue weighted by Gasteiger charge is 2.28. The summed E-state index contributed by atoms with van der Waals surface area (Å²) in [6.07, 6.45) is 9.74. The van der Waals surface area contributed by atoms with Gasteiger partial charge in [-0.3, -0.25) is 15.1 Å². The van der Waals surface area contributed by atoms with E-state index in [0.717, 1.165) is 44.5 Å². The van der Waals surface area contributed by atoms with Crippen LogP contribution in [0, 0.1) is 0 Å². The number of anilines is 2. The number of thiazole rings is 1. The average Bonchev–Trinajstić information content (AvgIpc) is 3.61. The van der Waals surface area contributed by atoms with Crippen LogP contribution in [0.5, 0.6) is 0 Å². The Balaban J connectivity index is 1.21. The second kappa shape index (κ2) is 10.0. The van der Waals surface area contributed by atoms with Crippen molar-refractivity contribution in [3.63, 3.8) is 0 Å². The van der Waals surface area contributed by atoms with Crippen LogP contribution in [0.25, 0.3) is 0 Å². The van der Waals surface area contributed by atoms with Crippen molar-refractivity contribution in [1.29, 1.82) is 0 Å². The summed E-state index contributed by atoms with van der Waals surface area (Å²) in [5, 5.41) is 5.74. The van der Waals surface area contributed by atoms with E-state index in [-0.39, 0.29) is 11.9 Å². The number of hydrogen-bond donors (Lipinski definition) is 1. The van der Waals surface area contributed by atoms with Gasteiger partial charge in [-0.05, 0) is 61.6 Å². The highest BCUT2D eigenvalue weighted by Crippen LogP contribution is 2.37. The molecule has 0 aliphatic carbocycles. The maximum absolute atomic E-state index is 13.0. The Hall–Kier alpha value is -3.45. The number of carbonyl (C=O) groups is 1. The maximum atomic E-state index is 13.0. The smallest absolute Gasteiger partial charge is 0.274 e. The van der Waals surface area contributed by atoms with Crippen molar-refractivity contribution in [3.8, 4) is 0 Å². The molecule has 33 heavy (non-hydrogen) atoms. The minimum Gasteiger partial charge on any atom is -0.363 e. The molecule has 4 heterocycles. The molecule has 0 saturated carbocycles. The Morgan fingerprint density at radius 1 is 1.12 bits per heavy atom. The Morgan fingerprint density at radius 2 is 2.03 bits per heavy atom. The van der Waals surface area contributed by atoms with E-state index in [0.29, 0.717) is 10.8 Å². The number of nitrogens with one attached hydrogen (secondary N) is 1. The molecule has 6 nitrogen and oxygen atoms in total. The van der Waals surface area contributed by atoms with E-state index in [4.69, 9.17) is 4.98 Å². The predicted molar refractivity (Wildman–Crippen MR) is 133 cm³/mol. The highest BCUT2D eigenvalue weighted by molar-refractivity contribution is 7.14. The number of aryl methyl sites for hydroxylation is 2. The lowest BCUT2D eigenvalue weighted by molar-refractivity contribution is 0.101. The van der Waals surface area contributed by atoms with Crippen LogP contribution < -0.4 is 10.2 Å². The molecule has 7 heteroatoms. The quantitative estimate of drug-likeness (QED) is 0.376. The summed E-state index contributed by atoms with van der Waals surface area (Å²) in [4.78, 5) is 24.3. The SMILES string of the molecule is O=C(Nc1nc([C@H]2CCCN2c2ccccc2)cs1)c1cccn1CCCc1cccnc1. The van der Waals surface area contributed by atoms with Crippen LogP contribution in [0.4, 0.5) is 10.8 Å². The first-order valence-corrected chi connectivity index (χ1v) is 12.3. The second-order valence-electron chi connectivity index (χ2n) is 8.27. The van der Waals surface area contributed by atoms with Crippen molar-refractivity contribution >= 4 is 28.1 Å². The standard InChI is InChI=1S/C26H27N5OS/c32-25(24-13-6-16-30(24)15-5-9-20-8-4-14-27-18-20)29-26-28-22(19-33-26)23-12-7-17-31(23)21-10-2-1-3-11-21/h1-4,6,8,10-11,13-14,16,18-19,23H,5,7,9,12,15,17H2,(H,28,29,32)/t23-/m1/s1. The second-order valence-corrected chi connectivity index (χ2v) is 9.13. The van der Waals surface area contributed by atoms with Gasteiger partial charge in [-0.1, -0.05) is 24.3 Å². The third-order valence-corrected chi connectivity index (χ3v) is 6.85. The van der Waals surface area contributed by atoms with E-state index in [9.17, 15) is 4.79 Å². The molecule has 1 saturated heterocycles. The first-order valence-electron chi connectivity index (χ1n) is 11.4. The molecule has 0 radical (unpaired) electrons. The summed E-state index contributed by atoms with van der Waals surface area (Å²) in [5.41, 5.74) is 4.12. The normalized spacial score (nSPS) is 15.6. The van der Waals surface area contributed by atoms with Gasteiger partial charge in [0.2, 0.25) is 0 Å². The van der Waals surface area contributed by atoms with E-state index >= 15 is 0 Å². The largest absolute Gasteiger partial charge is 0.363 e. The molecule has 1 N–H and O–H groups in total. The molecule has 0 spiro atoms. The van der Waals surface area contributed by atoms with Gasteiger partial charge in [0.05, 0.1) is 11.7 Å². The number of aromatic nitrogens is 3. The van der Waals surface area contributed by atoms with Gasteiger partial charge in [0.15, 0.2) is 5.13 Å². The molecule has 4 aromatic rings. The molecule has 1 amide bonds. The molecule has 0 bridgehead atoms. The first-order chi connectivity index (χ1) is 16.3. The third kappa shape index (κ3) is 4.98. The molecule has 1 fully saturated rings. The van der Waals surface area contributed by atoms with Crippen LogP contribution in [-0.2, 0) is 13.0 Å². The molecule has 5 rings (SSSR count). The number of hydrogen-bond acceptors (Lipinski definition) is 5. The van der Waals surface area contributed by atoms with Crippen LogP contribution in [0.2, 0.25) is 0 Å². The van der Waals surface area contributed by atoms with Crippen molar-refractivity contribution in [2.75, 3.05) is 16.8 Å². The lowest BCUT2D eigenvalue weighted by atomic mass is 10.1. The van der Waals surface area contributed by atoms with E-state index in [1.165, 1.54) is 22.6 Å². The summed E-state index contributed by atoms with van der Waals surface area (Å²) < 4.78 is 2.01. The zero-order valence-electron chi connectivity index (χ0n) is 18.4. The number of amides is 1. The zero-order chi connectivity index (χ0) is 22.5. The molecular weight excluding hydrogens is 430 g/mol. The Bertz CT molecular complexity index is 1190. The van der Waals surface area contributed by atoms with Gasteiger partial charge in [0.1, 0.15) is 5.69 Å². The predicted octanol–water partition coefficient (Wildman–Crippen LogP) is 5.57. The van der Waals surface area contributed by atoms with Gasteiger partial charge >= 0.3 is 0 Å². The molecule has 1 aromatic carbocycles.